The summed E-state index contributed by atoms with van der Waals surface area (Å²) in [7, 11) is 1.62. The molecule has 0 spiro atoms. The normalized spacial score (nSPS) is 19.2. The number of hydrogen-bond acceptors (Lipinski definition) is 8. The third-order valence-corrected chi connectivity index (χ3v) is 6.00. The van der Waals surface area contributed by atoms with Gasteiger partial charge in [0, 0.05) is 37.3 Å². The summed E-state index contributed by atoms with van der Waals surface area (Å²) in [4.78, 5) is 21.6. The summed E-state index contributed by atoms with van der Waals surface area (Å²) in [5.41, 5.74) is 0.741. The molecule has 14 heteroatoms. The molecular formula is C16H23ClMnN6O5S-4. The number of aromatic nitrogens is 4. The second-order valence-electron chi connectivity index (χ2n) is 6.40. The predicted octanol–water partition coefficient (Wildman–Crippen LogP) is 1.31. The molecule has 0 bridgehead atoms. The zero-order valence-electron chi connectivity index (χ0n) is 16.6. The number of halogens is 1. The average Bonchev–Trinajstić information content (AvgIpc) is 3.29. The maximum Gasteiger partial charge on any atom is 0.287 e. The largest absolute Gasteiger partial charge is 2.00 e. The summed E-state index contributed by atoms with van der Waals surface area (Å²) in [5.74, 6) is -0.0933. The molecule has 30 heavy (non-hydrogen) atoms. The number of methoxy groups -OCH3 is 1. The van der Waals surface area contributed by atoms with Crippen LogP contribution in [0.5, 0.6) is 0 Å². The zero-order valence-corrected chi connectivity index (χ0v) is 19.3. The Labute approximate surface area is 193 Å². The van der Waals surface area contributed by atoms with E-state index in [4.69, 9.17) is 16.3 Å². The molecule has 0 aromatic carbocycles. The number of aromatic amines is 1. The summed E-state index contributed by atoms with van der Waals surface area (Å²) < 4.78 is 5.59. The zero-order chi connectivity index (χ0) is 19.6. The Kier molecular flexibility index (Phi) is 12.0. The van der Waals surface area contributed by atoms with Crippen LogP contribution < -0.4 is 10.2 Å². The van der Waals surface area contributed by atoms with E-state index < -0.39 is 6.10 Å². The summed E-state index contributed by atoms with van der Waals surface area (Å²) in [6.07, 6.45) is 0.509. The fourth-order valence-electron chi connectivity index (χ4n) is 2.98. The van der Waals surface area contributed by atoms with E-state index in [1.807, 2.05) is 6.92 Å². The van der Waals surface area contributed by atoms with Gasteiger partial charge in [0.05, 0.1) is 17.8 Å². The van der Waals surface area contributed by atoms with E-state index in [9.17, 15) is 9.90 Å². The standard InChI is InChI=1S/C16H23ClN6O3S.Mn.2O/c1-4-9-12(17)20-13(18-9)14(25)19-10-5-6-23(7-11(10)26-3)16-22-21-15(27-16)8(2)24;;;/h8,10-11,24H,4-7H2,1-3H3,(H,18,20)(H,19,25);;;/q;;2*-2/t8?,10-,11+;;;/m1.../s1. The molecule has 3 N–H and O–H groups in total. The molecule has 1 saturated heterocycles. The molecule has 1 fully saturated rings. The minimum absolute atomic E-state index is 0. The average molecular weight is 502 g/mol. The van der Waals surface area contributed by atoms with Crippen LogP contribution in [0.1, 0.15) is 47.7 Å². The Hall–Kier alpha value is -1.31. The van der Waals surface area contributed by atoms with Crippen molar-refractivity contribution in [3.8, 4) is 0 Å². The van der Waals surface area contributed by atoms with Gasteiger partial charge in [0.15, 0.2) is 11.0 Å². The molecule has 0 aliphatic carbocycles. The van der Waals surface area contributed by atoms with Gasteiger partial charge in [-0.3, -0.25) is 4.79 Å². The molecule has 171 valence electrons. The number of hydrogen-bond donors (Lipinski definition) is 3. The molecular weight excluding hydrogens is 479 g/mol. The van der Waals surface area contributed by atoms with Crippen molar-refractivity contribution in [2.75, 3.05) is 25.1 Å². The van der Waals surface area contributed by atoms with Gasteiger partial charge in [0.1, 0.15) is 11.1 Å². The van der Waals surface area contributed by atoms with Crippen molar-refractivity contribution in [1.82, 2.24) is 25.5 Å². The number of amides is 1. The maximum atomic E-state index is 12.5. The molecule has 3 heterocycles. The molecule has 1 radical (unpaired) electrons. The van der Waals surface area contributed by atoms with Crippen molar-refractivity contribution >= 4 is 34.0 Å². The molecule has 1 amide bonds. The van der Waals surface area contributed by atoms with Crippen molar-refractivity contribution in [2.24, 2.45) is 0 Å². The molecule has 1 aliphatic rings. The maximum absolute atomic E-state index is 12.5. The summed E-state index contributed by atoms with van der Waals surface area (Å²) in [5, 5.41) is 22.4. The Balaban J connectivity index is 0.00000280. The Morgan fingerprint density at radius 2 is 2.17 bits per heavy atom. The summed E-state index contributed by atoms with van der Waals surface area (Å²) in [6, 6.07) is -0.156. The van der Waals surface area contributed by atoms with Crippen LogP contribution in [0, 0.1) is 0 Å². The van der Waals surface area contributed by atoms with E-state index in [1.165, 1.54) is 11.3 Å². The van der Waals surface area contributed by atoms with E-state index in [0.29, 0.717) is 36.1 Å². The van der Waals surface area contributed by atoms with Crippen LogP contribution in [-0.4, -0.2) is 63.5 Å². The molecule has 2 aromatic heterocycles. The van der Waals surface area contributed by atoms with Gasteiger partial charge in [-0.15, -0.1) is 10.2 Å². The van der Waals surface area contributed by atoms with Crippen LogP contribution in [0.25, 0.3) is 0 Å². The van der Waals surface area contributed by atoms with Crippen LogP contribution >= 0.6 is 22.9 Å². The van der Waals surface area contributed by atoms with Crippen LogP contribution in [0.2, 0.25) is 5.15 Å². The molecule has 3 atom stereocenters. The van der Waals surface area contributed by atoms with Crippen LogP contribution in [0.3, 0.4) is 0 Å². The van der Waals surface area contributed by atoms with Gasteiger partial charge in [0.2, 0.25) is 5.13 Å². The van der Waals surface area contributed by atoms with Crippen molar-refractivity contribution in [3.63, 3.8) is 0 Å². The smallest absolute Gasteiger partial charge is 0.287 e. The van der Waals surface area contributed by atoms with Gasteiger partial charge < -0.3 is 36.0 Å². The number of aliphatic hydroxyl groups is 1. The van der Waals surface area contributed by atoms with Gasteiger partial charge >= 0.3 is 0 Å². The quantitative estimate of drug-likeness (QED) is 0.500. The molecule has 3 rings (SSSR count). The van der Waals surface area contributed by atoms with Gasteiger partial charge in [-0.1, -0.05) is 29.9 Å². The van der Waals surface area contributed by atoms with E-state index in [0.717, 1.165) is 10.8 Å². The van der Waals surface area contributed by atoms with Gasteiger partial charge in [0.25, 0.3) is 5.91 Å². The third-order valence-electron chi connectivity index (χ3n) is 4.53. The minimum atomic E-state index is -0.639. The van der Waals surface area contributed by atoms with E-state index >= 15 is 0 Å². The Bertz CT molecular complexity index is 807. The number of piperidine rings is 1. The first-order chi connectivity index (χ1) is 12.9. The first kappa shape index (κ1) is 28.7. The van der Waals surface area contributed by atoms with Gasteiger partial charge in [-0.25, -0.2) is 4.98 Å². The number of nitrogens with zero attached hydrogens (tertiary/aromatic N) is 4. The minimum Gasteiger partial charge on any atom is -2.00 e. The fourth-order valence-corrected chi connectivity index (χ4v) is 4.07. The van der Waals surface area contributed by atoms with Crippen molar-refractivity contribution in [2.45, 2.75) is 44.9 Å². The van der Waals surface area contributed by atoms with Crippen molar-refractivity contribution < 1.29 is 42.7 Å². The van der Waals surface area contributed by atoms with Crippen LogP contribution in [0.15, 0.2) is 0 Å². The monoisotopic (exact) mass is 501 g/mol. The number of aliphatic hydroxyl groups excluding tert-OH is 1. The predicted molar refractivity (Wildman–Crippen MR) is 104 cm³/mol. The molecule has 1 unspecified atom stereocenters. The number of anilines is 1. The Morgan fingerprint density at radius 3 is 2.70 bits per heavy atom. The van der Waals surface area contributed by atoms with Crippen molar-refractivity contribution in [1.29, 1.82) is 0 Å². The number of aryl methyl sites for hydroxylation is 1. The number of carbonyl (C=O) groups is 1. The van der Waals surface area contributed by atoms with Crippen molar-refractivity contribution in [3.05, 3.63) is 21.7 Å². The van der Waals surface area contributed by atoms with Crippen LogP contribution in [-0.2, 0) is 39.2 Å². The van der Waals surface area contributed by atoms with E-state index in [-0.39, 0.29) is 51.9 Å². The molecule has 11 nitrogen and oxygen atoms in total. The summed E-state index contributed by atoms with van der Waals surface area (Å²) >= 11 is 7.38. The van der Waals surface area contributed by atoms with Crippen LogP contribution in [0.4, 0.5) is 5.13 Å². The SMILES string of the molecule is CCc1[nH]c(C(=O)N[C@@H]2CCN(c3nnc(C(C)O)s3)C[C@@H]2OC)nc1Cl.[Mn].[O-2].[O-2]. The fraction of sp³-hybridized carbons (Fsp3) is 0.625. The van der Waals surface area contributed by atoms with Gasteiger partial charge in [-0.2, -0.15) is 0 Å². The molecule has 1 aliphatic heterocycles. The number of H-pyrrole nitrogens is 1. The number of ether oxygens (including phenoxy) is 1. The number of imidazole rings is 1. The van der Waals surface area contributed by atoms with Gasteiger partial charge in [-0.05, 0) is 19.8 Å². The first-order valence-corrected chi connectivity index (χ1v) is 9.96. The number of rotatable bonds is 6. The molecule has 2 aromatic rings. The first-order valence-electron chi connectivity index (χ1n) is 8.77. The summed E-state index contributed by atoms with van der Waals surface area (Å²) in [6.45, 7) is 4.86. The topological polar surface area (TPSA) is 173 Å². The van der Waals surface area contributed by atoms with E-state index in [2.05, 4.69) is 30.4 Å². The molecule has 0 saturated carbocycles. The van der Waals surface area contributed by atoms with E-state index in [1.54, 1.807) is 14.0 Å². The third kappa shape index (κ3) is 6.34. The second-order valence-corrected chi connectivity index (χ2v) is 7.74. The second kappa shape index (κ2) is 12.5. The Morgan fingerprint density at radius 1 is 1.47 bits per heavy atom. The number of nitrogens with one attached hydrogen (secondary N) is 2. The number of carbonyl (C=O) groups excluding carboxylic acids is 1.